The van der Waals surface area contributed by atoms with Gasteiger partial charge in [-0.05, 0) is 0 Å². The molecular weight excluding hydrogens is 172 g/mol. The molecule has 0 saturated heterocycles. The van der Waals surface area contributed by atoms with Gasteiger partial charge in [-0.1, -0.05) is 0 Å². The molecule has 0 bridgehead atoms. The summed E-state index contributed by atoms with van der Waals surface area (Å²) in [5.41, 5.74) is 0.457. The molecule has 0 unspecified atom stereocenters. The van der Waals surface area contributed by atoms with Gasteiger partial charge in [0.15, 0.2) is 0 Å². The fourth-order valence-electron chi connectivity index (χ4n) is 0.894. The quantitative estimate of drug-likeness (QED) is 0.632. The lowest BCUT2D eigenvalue weighted by Crippen LogP contribution is -2.04. The monoisotopic (exact) mass is 184 g/mol. The maximum absolute atomic E-state index is 11.0. The number of aromatic nitrogens is 2. The summed E-state index contributed by atoms with van der Waals surface area (Å²) in [5.74, 6) is -0.372. The third kappa shape index (κ3) is 2.55. The van der Waals surface area contributed by atoms with E-state index in [1.807, 2.05) is 0 Å². The Bertz CT molecular complexity index is 283. The van der Waals surface area contributed by atoms with Gasteiger partial charge in [0.05, 0.1) is 32.0 Å². The molecule has 0 aliphatic carbocycles. The first-order chi connectivity index (χ1) is 6.27. The maximum atomic E-state index is 11.0. The van der Waals surface area contributed by atoms with Crippen molar-refractivity contribution in [3.63, 3.8) is 0 Å². The number of carbonyl (C=O) groups excluding carboxylic acids is 1. The number of ether oxygens (including phenoxy) is 2. The average molecular weight is 184 g/mol. The lowest BCUT2D eigenvalue weighted by atomic mass is 10.4. The Morgan fingerprint density at radius 1 is 1.62 bits per heavy atom. The summed E-state index contributed by atoms with van der Waals surface area (Å²) in [4.78, 5) is 11.0. The lowest BCUT2D eigenvalue weighted by molar-refractivity contribution is 0.0600. The zero-order chi connectivity index (χ0) is 9.68. The Hall–Kier alpha value is -1.36. The van der Waals surface area contributed by atoms with E-state index in [9.17, 15) is 4.79 Å². The van der Waals surface area contributed by atoms with Crippen molar-refractivity contribution in [3.05, 3.63) is 18.0 Å². The number of nitrogens with zero attached hydrogens (tertiary/aromatic N) is 2. The third-order valence-electron chi connectivity index (χ3n) is 1.58. The molecule has 0 aliphatic rings. The Balaban J connectivity index is 2.58. The van der Waals surface area contributed by atoms with Crippen LogP contribution in [0.15, 0.2) is 12.4 Å². The van der Waals surface area contributed by atoms with Crippen LogP contribution in [-0.4, -0.2) is 36.6 Å². The van der Waals surface area contributed by atoms with Crippen LogP contribution in [0.4, 0.5) is 0 Å². The third-order valence-corrected chi connectivity index (χ3v) is 1.58. The summed E-state index contributed by atoms with van der Waals surface area (Å²) < 4.78 is 11.0. The standard InChI is InChI=1S/C8H12N2O3/c1-12-4-3-10-6-7(5-9-10)8(11)13-2/h5-6H,3-4H2,1-2H3. The van der Waals surface area contributed by atoms with Gasteiger partial charge in [0.25, 0.3) is 0 Å². The van der Waals surface area contributed by atoms with Gasteiger partial charge < -0.3 is 9.47 Å². The molecule has 5 heteroatoms. The first-order valence-electron chi connectivity index (χ1n) is 3.87. The number of hydrogen-bond donors (Lipinski definition) is 0. The number of methoxy groups -OCH3 is 2. The molecular formula is C8H12N2O3. The van der Waals surface area contributed by atoms with Crippen LogP contribution >= 0.6 is 0 Å². The van der Waals surface area contributed by atoms with Gasteiger partial charge in [0.1, 0.15) is 0 Å². The molecule has 0 radical (unpaired) electrons. The van der Waals surface area contributed by atoms with Crippen molar-refractivity contribution in [2.45, 2.75) is 6.54 Å². The second kappa shape index (κ2) is 4.61. The molecule has 0 aromatic carbocycles. The highest BCUT2D eigenvalue weighted by molar-refractivity contribution is 5.88. The summed E-state index contributed by atoms with van der Waals surface area (Å²) >= 11 is 0. The first kappa shape index (κ1) is 9.73. The smallest absolute Gasteiger partial charge is 0.341 e. The Kier molecular flexibility index (Phi) is 3.45. The highest BCUT2D eigenvalue weighted by atomic mass is 16.5. The van der Waals surface area contributed by atoms with Crippen molar-refractivity contribution >= 4 is 5.97 Å². The minimum absolute atomic E-state index is 0.372. The Morgan fingerprint density at radius 2 is 2.38 bits per heavy atom. The van der Waals surface area contributed by atoms with Gasteiger partial charge in [-0.25, -0.2) is 4.79 Å². The van der Waals surface area contributed by atoms with E-state index in [2.05, 4.69) is 9.84 Å². The van der Waals surface area contributed by atoms with Crippen LogP contribution in [-0.2, 0) is 16.0 Å². The van der Waals surface area contributed by atoms with E-state index in [4.69, 9.17) is 4.74 Å². The first-order valence-corrected chi connectivity index (χ1v) is 3.87. The summed E-state index contributed by atoms with van der Waals surface area (Å²) in [6.45, 7) is 1.20. The van der Waals surface area contributed by atoms with Crippen LogP contribution in [0.5, 0.6) is 0 Å². The Labute approximate surface area is 76.3 Å². The average Bonchev–Trinajstić information content (AvgIpc) is 2.62. The normalized spacial score (nSPS) is 10.0. The SMILES string of the molecule is COCCn1cc(C(=O)OC)cn1. The zero-order valence-electron chi connectivity index (χ0n) is 7.69. The topological polar surface area (TPSA) is 53.4 Å². The molecule has 0 aliphatic heterocycles. The molecule has 0 N–H and O–H groups in total. The van der Waals surface area contributed by atoms with Gasteiger partial charge in [-0.15, -0.1) is 0 Å². The van der Waals surface area contributed by atoms with E-state index >= 15 is 0 Å². The molecule has 13 heavy (non-hydrogen) atoms. The second-order valence-electron chi connectivity index (χ2n) is 2.48. The fourth-order valence-corrected chi connectivity index (χ4v) is 0.894. The summed E-state index contributed by atoms with van der Waals surface area (Å²) in [5, 5.41) is 3.96. The van der Waals surface area contributed by atoms with Crippen LogP contribution in [0, 0.1) is 0 Å². The largest absolute Gasteiger partial charge is 0.465 e. The van der Waals surface area contributed by atoms with E-state index in [-0.39, 0.29) is 5.97 Å². The number of rotatable bonds is 4. The molecule has 5 nitrogen and oxygen atoms in total. The predicted octanol–water partition coefficient (Wildman–Crippen LogP) is 0.316. The summed E-state index contributed by atoms with van der Waals surface area (Å²) in [6.07, 6.45) is 3.10. The molecule has 1 rings (SSSR count). The van der Waals surface area contributed by atoms with E-state index in [1.165, 1.54) is 13.3 Å². The molecule has 1 heterocycles. The zero-order valence-corrected chi connectivity index (χ0v) is 7.69. The molecule has 0 saturated carbocycles. The van der Waals surface area contributed by atoms with Gasteiger partial charge in [-0.2, -0.15) is 5.10 Å². The van der Waals surface area contributed by atoms with Crippen molar-refractivity contribution in [3.8, 4) is 0 Å². The van der Waals surface area contributed by atoms with Gasteiger partial charge in [0.2, 0.25) is 0 Å². The fraction of sp³-hybridized carbons (Fsp3) is 0.500. The van der Waals surface area contributed by atoms with Crippen molar-refractivity contribution in [1.82, 2.24) is 9.78 Å². The maximum Gasteiger partial charge on any atom is 0.341 e. The van der Waals surface area contributed by atoms with Crippen molar-refractivity contribution < 1.29 is 14.3 Å². The van der Waals surface area contributed by atoms with Gasteiger partial charge in [0, 0.05) is 13.3 Å². The molecule has 1 aromatic rings. The number of hydrogen-bond acceptors (Lipinski definition) is 4. The van der Waals surface area contributed by atoms with Crippen molar-refractivity contribution in [2.24, 2.45) is 0 Å². The van der Waals surface area contributed by atoms with Gasteiger partial charge in [-0.3, -0.25) is 4.68 Å². The molecule has 0 spiro atoms. The van der Waals surface area contributed by atoms with Crippen LogP contribution in [0.2, 0.25) is 0 Å². The number of esters is 1. The van der Waals surface area contributed by atoms with E-state index < -0.39 is 0 Å². The van der Waals surface area contributed by atoms with E-state index in [0.717, 1.165) is 0 Å². The van der Waals surface area contributed by atoms with Crippen LogP contribution < -0.4 is 0 Å². The highest BCUT2D eigenvalue weighted by Crippen LogP contribution is 1.99. The highest BCUT2D eigenvalue weighted by Gasteiger charge is 2.07. The molecule has 0 amide bonds. The van der Waals surface area contributed by atoms with Crippen LogP contribution in [0.3, 0.4) is 0 Å². The van der Waals surface area contributed by atoms with E-state index in [0.29, 0.717) is 18.7 Å². The molecule has 0 fully saturated rings. The van der Waals surface area contributed by atoms with E-state index in [1.54, 1.807) is 18.0 Å². The lowest BCUT2D eigenvalue weighted by Gasteiger charge is -1.98. The molecule has 1 aromatic heterocycles. The molecule has 0 atom stereocenters. The summed E-state index contributed by atoms with van der Waals surface area (Å²) in [7, 11) is 2.96. The minimum Gasteiger partial charge on any atom is -0.465 e. The second-order valence-corrected chi connectivity index (χ2v) is 2.48. The predicted molar refractivity (Wildman–Crippen MR) is 45.4 cm³/mol. The van der Waals surface area contributed by atoms with Gasteiger partial charge >= 0.3 is 5.97 Å². The molecule has 72 valence electrons. The Morgan fingerprint density at radius 3 is 3.00 bits per heavy atom. The van der Waals surface area contributed by atoms with Crippen LogP contribution in [0.1, 0.15) is 10.4 Å². The van der Waals surface area contributed by atoms with Crippen LogP contribution in [0.25, 0.3) is 0 Å². The minimum atomic E-state index is -0.372. The van der Waals surface area contributed by atoms with Crippen molar-refractivity contribution in [2.75, 3.05) is 20.8 Å². The number of carbonyl (C=O) groups is 1. The summed E-state index contributed by atoms with van der Waals surface area (Å²) in [6, 6.07) is 0. The van der Waals surface area contributed by atoms with Crippen molar-refractivity contribution in [1.29, 1.82) is 0 Å².